The van der Waals surface area contributed by atoms with E-state index < -0.39 is 0 Å². The fourth-order valence-electron chi connectivity index (χ4n) is 2.31. The summed E-state index contributed by atoms with van der Waals surface area (Å²) in [6.45, 7) is 1.64. The Morgan fingerprint density at radius 3 is 3.00 bits per heavy atom. The third-order valence-corrected chi connectivity index (χ3v) is 3.38. The second kappa shape index (κ2) is 6.45. The average molecular weight is 247 g/mol. The van der Waals surface area contributed by atoms with Gasteiger partial charge in [0, 0.05) is 12.1 Å². The number of nitrogens with one attached hydrogen (secondary N) is 1. The summed E-state index contributed by atoms with van der Waals surface area (Å²) in [5.41, 5.74) is 2.45. The fourth-order valence-corrected chi connectivity index (χ4v) is 2.31. The van der Waals surface area contributed by atoms with Crippen LogP contribution in [0.1, 0.15) is 31.2 Å². The molecular formula is C15H21NO2. The molecule has 98 valence electrons. The number of methoxy groups -OCH3 is 1. The smallest absolute Gasteiger partial charge is 0.162 e. The van der Waals surface area contributed by atoms with Crippen LogP contribution in [0.3, 0.4) is 0 Å². The molecule has 1 aromatic rings. The first-order valence-corrected chi connectivity index (χ1v) is 6.54. The van der Waals surface area contributed by atoms with Gasteiger partial charge in [-0.1, -0.05) is 23.8 Å². The molecule has 0 atom stereocenters. The van der Waals surface area contributed by atoms with E-state index in [2.05, 4.69) is 11.4 Å². The van der Waals surface area contributed by atoms with E-state index in [9.17, 15) is 5.11 Å². The summed E-state index contributed by atoms with van der Waals surface area (Å²) in [5, 5.41) is 13.3. The minimum Gasteiger partial charge on any atom is -0.504 e. The molecule has 0 fully saturated rings. The van der Waals surface area contributed by atoms with Gasteiger partial charge in [0.2, 0.25) is 0 Å². The maximum absolute atomic E-state index is 9.92. The van der Waals surface area contributed by atoms with Gasteiger partial charge in [0.05, 0.1) is 7.11 Å². The second-order valence-corrected chi connectivity index (χ2v) is 4.65. The summed E-state index contributed by atoms with van der Waals surface area (Å²) >= 11 is 0. The molecule has 3 heteroatoms. The second-order valence-electron chi connectivity index (χ2n) is 4.65. The molecule has 1 aromatic carbocycles. The van der Waals surface area contributed by atoms with Gasteiger partial charge in [-0.2, -0.15) is 0 Å². The summed E-state index contributed by atoms with van der Waals surface area (Å²) < 4.78 is 5.09. The maximum atomic E-state index is 9.92. The van der Waals surface area contributed by atoms with Crippen molar-refractivity contribution >= 4 is 0 Å². The number of phenols is 1. The highest BCUT2D eigenvalue weighted by molar-refractivity contribution is 5.45. The highest BCUT2D eigenvalue weighted by atomic mass is 16.5. The Hall–Kier alpha value is -1.48. The Balaban J connectivity index is 1.79. The van der Waals surface area contributed by atoms with Gasteiger partial charge in [0.15, 0.2) is 11.5 Å². The monoisotopic (exact) mass is 247 g/mol. The standard InChI is InChI=1S/C15H21NO2/c1-18-14-8-4-7-13(15(14)17)11-16-10-9-12-5-2-3-6-12/h4-5,7-8,16-17H,2-3,6,9-11H2,1H3. The van der Waals surface area contributed by atoms with Crippen LogP contribution in [0.5, 0.6) is 11.5 Å². The molecule has 0 radical (unpaired) electrons. The predicted octanol–water partition coefficient (Wildman–Crippen LogP) is 2.99. The van der Waals surface area contributed by atoms with Crippen LogP contribution >= 0.6 is 0 Å². The molecule has 2 N–H and O–H groups in total. The van der Waals surface area contributed by atoms with Crippen LogP contribution in [0.4, 0.5) is 0 Å². The van der Waals surface area contributed by atoms with Crippen LogP contribution in [-0.4, -0.2) is 18.8 Å². The van der Waals surface area contributed by atoms with Gasteiger partial charge < -0.3 is 15.2 Å². The minimum absolute atomic E-state index is 0.243. The normalized spacial score (nSPS) is 14.6. The minimum atomic E-state index is 0.243. The summed E-state index contributed by atoms with van der Waals surface area (Å²) in [6.07, 6.45) is 7.28. The number of para-hydroxylation sites is 1. The quantitative estimate of drug-likeness (QED) is 0.600. The summed E-state index contributed by atoms with van der Waals surface area (Å²) in [5.74, 6) is 0.778. The molecule has 1 aliphatic rings. The highest BCUT2D eigenvalue weighted by Crippen LogP contribution is 2.29. The Morgan fingerprint density at radius 2 is 2.28 bits per heavy atom. The lowest BCUT2D eigenvalue weighted by Crippen LogP contribution is -2.15. The molecule has 3 nitrogen and oxygen atoms in total. The zero-order valence-electron chi connectivity index (χ0n) is 10.9. The van der Waals surface area contributed by atoms with Crippen LogP contribution < -0.4 is 10.1 Å². The van der Waals surface area contributed by atoms with Crippen molar-refractivity contribution in [1.82, 2.24) is 5.32 Å². The molecule has 1 aliphatic carbocycles. The van der Waals surface area contributed by atoms with Gasteiger partial charge in [0.1, 0.15) is 0 Å². The maximum Gasteiger partial charge on any atom is 0.162 e. The number of rotatable bonds is 6. The number of hydrogen-bond donors (Lipinski definition) is 2. The molecule has 2 rings (SSSR count). The summed E-state index contributed by atoms with van der Waals surface area (Å²) in [6, 6.07) is 5.58. The molecular weight excluding hydrogens is 226 g/mol. The molecule has 0 amide bonds. The summed E-state index contributed by atoms with van der Waals surface area (Å²) in [4.78, 5) is 0. The highest BCUT2D eigenvalue weighted by Gasteiger charge is 2.07. The zero-order chi connectivity index (χ0) is 12.8. The molecule has 0 bridgehead atoms. The van der Waals surface area contributed by atoms with Crippen LogP contribution in [0, 0.1) is 0 Å². The number of hydrogen-bond acceptors (Lipinski definition) is 3. The van der Waals surface area contributed by atoms with E-state index in [0.29, 0.717) is 12.3 Å². The Bertz CT molecular complexity index is 427. The summed E-state index contributed by atoms with van der Waals surface area (Å²) in [7, 11) is 1.57. The van der Waals surface area contributed by atoms with Gasteiger partial charge in [0.25, 0.3) is 0 Å². The molecule has 0 unspecified atom stereocenters. The number of aromatic hydroxyl groups is 1. The van der Waals surface area contributed by atoms with E-state index >= 15 is 0 Å². The molecule has 0 saturated carbocycles. The predicted molar refractivity (Wildman–Crippen MR) is 72.9 cm³/mol. The SMILES string of the molecule is COc1cccc(CNCCC2=CCCC2)c1O. The van der Waals surface area contributed by atoms with E-state index in [1.165, 1.54) is 19.3 Å². The van der Waals surface area contributed by atoms with Gasteiger partial charge in [-0.15, -0.1) is 0 Å². The van der Waals surface area contributed by atoms with Crippen molar-refractivity contribution in [2.24, 2.45) is 0 Å². The van der Waals surface area contributed by atoms with Gasteiger partial charge >= 0.3 is 0 Å². The molecule has 0 heterocycles. The first kappa shape index (κ1) is 13.0. The lowest BCUT2D eigenvalue weighted by molar-refractivity contribution is 0.369. The van der Waals surface area contributed by atoms with Crippen molar-refractivity contribution in [3.63, 3.8) is 0 Å². The average Bonchev–Trinajstić information content (AvgIpc) is 2.89. The van der Waals surface area contributed by atoms with Crippen LogP contribution in [0.25, 0.3) is 0 Å². The topological polar surface area (TPSA) is 41.5 Å². The lowest BCUT2D eigenvalue weighted by Gasteiger charge is -2.10. The third kappa shape index (κ3) is 3.26. The van der Waals surface area contributed by atoms with Gasteiger partial charge in [-0.25, -0.2) is 0 Å². The molecule has 0 aliphatic heterocycles. The number of phenolic OH excluding ortho intramolecular Hbond substituents is 1. The van der Waals surface area contributed by atoms with Crippen molar-refractivity contribution in [1.29, 1.82) is 0 Å². The van der Waals surface area contributed by atoms with E-state index in [-0.39, 0.29) is 5.75 Å². The zero-order valence-corrected chi connectivity index (χ0v) is 10.9. The number of benzene rings is 1. The van der Waals surface area contributed by atoms with Gasteiger partial charge in [-0.3, -0.25) is 0 Å². The largest absolute Gasteiger partial charge is 0.504 e. The van der Waals surface area contributed by atoms with E-state index in [1.807, 2.05) is 12.1 Å². The van der Waals surface area contributed by atoms with E-state index in [4.69, 9.17) is 4.74 Å². The first-order chi connectivity index (χ1) is 8.81. The Labute approximate surface area is 108 Å². The Morgan fingerprint density at radius 1 is 1.39 bits per heavy atom. The van der Waals surface area contributed by atoms with Crippen LogP contribution in [-0.2, 0) is 6.54 Å². The third-order valence-electron chi connectivity index (χ3n) is 3.38. The fraction of sp³-hybridized carbons (Fsp3) is 0.467. The van der Waals surface area contributed by atoms with E-state index in [0.717, 1.165) is 18.5 Å². The molecule has 0 aromatic heterocycles. The molecule has 18 heavy (non-hydrogen) atoms. The van der Waals surface area contributed by atoms with E-state index in [1.54, 1.807) is 18.7 Å². The molecule has 0 saturated heterocycles. The van der Waals surface area contributed by atoms with Crippen molar-refractivity contribution < 1.29 is 9.84 Å². The van der Waals surface area contributed by atoms with Crippen molar-refractivity contribution in [3.8, 4) is 11.5 Å². The van der Waals surface area contributed by atoms with Crippen molar-refractivity contribution in [3.05, 3.63) is 35.4 Å². The first-order valence-electron chi connectivity index (χ1n) is 6.54. The Kier molecular flexibility index (Phi) is 4.65. The van der Waals surface area contributed by atoms with Crippen LogP contribution in [0.15, 0.2) is 29.8 Å². The number of allylic oxidation sites excluding steroid dienone is 1. The lowest BCUT2D eigenvalue weighted by atomic mass is 10.1. The van der Waals surface area contributed by atoms with Crippen molar-refractivity contribution in [2.75, 3.05) is 13.7 Å². The van der Waals surface area contributed by atoms with Gasteiger partial charge in [-0.05, 0) is 38.3 Å². The molecule has 0 spiro atoms. The van der Waals surface area contributed by atoms with Crippen LogP contribution in [0.2, 0.25) is 0 Å². The van der Waals surface area contributed by atoms with Crippen molar-refractivity contribution in [2.45, 2.75) is 32.2 Å². The number of ether oxygens (including phenoxy) is 1.